The molecule has 0 saturated carbocycles. The van der Waals surface area contributed by atoms with Gasteiger partial charge in [-0.05, 0) is 26.3 Å². The van der Waals surface area contributed by atoms with Crippen LogP contribution in [0, 0.1) is 13.8 Å². The molecule has 1 N–H and O–H groups in total. The maximum atomic E-state index is 4.73. The van der Waals surface area contributed by atoms with Gasteiger partial charge in [0.15, 0.2) is 0 Å². The quantitative estimate of drug-likeness (QED) is 0.904. The number of aromatic nitrogens is 2. The summed E-state index contributed by atoms with van der Waals surface area (Å²) >= 11 is 0. The topological polar surface area (TPSA) is 37.8 Å². The van der Waals surface area contributed by atoms with Crippen molar-refractivity contribution in [3.63, 3.8) is 0 Å². The van der Waals surface area contributed by atoms with Crippen LogP contribution in [0.3, 0.4) is 0 Å². The molecule has 0 radical (unpaired) electrons. The number of hydrogen-bond donors (Lipinski definition) is 1. The van der Waals surface area contributed by atoms with Gasteiger partial charge in [-0.3, -0.25) is 0 Å². The van der Waals surface area contributed by atoms with E-state index in [1.165, 1.54) is 5.56 Å². The Morgan fingerprint density at radius 1 is 1.16 bits per heavy atom. The zero-order chi connectivity index (χ0) is 13.8. The molecule has 19 heavy (non-hydrogen) atoms. The molecule has 0 bridgehead atoms. The Morgan fingerprint density at radius 2 is 1.95 bits per heavy atom. The molecule has 3 nitrogen and oxygen atoms in total. The largest absolute Gasteiger partial charge is 0.373 e. The minimum absolute atomic E-state index is 0.910. The van der Waals surface area contributed by atoms with Crippen molar-refractivity contribution in [2.45, 2.75) is 33.6 Å². The standard InChI is InChI=1S/C16H21N3/c1-5-7-14-18-15(12(3)16(17-4)19-14)13-9-6-8-11(2)10-13/h6,8-10H,5,7H2,1-4H3,(H,17,18,19). The molecule has 3 heteroatoms. The van der Waals surface area contributed by atoms with Gasteiger partial charge in [-0.15, -0.1) is 0 Å². The Morgan fingerprint density at radius 3 is 2.58 bits per heavy atom. The monoisotopic (exact) mass is 255 g/mol. The van der Waals surface area contributed by atoms with Crippen LogP contribution in [0.4, 0.5) is 5.82 Å². The van der Waals surface area contributed by atoms with Gasteiger partial charge in [0.05, 0.1) is 5.69 Å². The Bertz CT molecular complexity index is 576. The van der Waals surface area contributed by atoms with E-state index in [1.54, 1.807) is 0 Å². The number of anilines is 1. The van der Waals surface area contributed by atoms with Crippen LogP contribution in [0.1, 0.15) is 30.3 Å². The van der Waals surface area contributed by atoms with Gasteiger partial charge in [0, 0.05) is 24.6 Å². The van der Waals surface area contributed by atoms with E-state index in [4.69, 9.17) is 4.98 Å². The van der Waals surface area contributed by atoms with Crippen molar-refractivity contribution >= 4 is 5.82 Å². The van der Waals surface area contributed by atoms with Crippen molar-refractivity contribution in [1.82, 2.24) is 9.97 Å². The molecule has 100 valence electrons. The number of nitrogens with one attached hydrogen (secondary N) is 1. The van der Waals surface area contributed by atoms with Gasteiger partial charge < -0.3 is 5.32 Å². The van der Waals surface area contributed by atoms with Crippen molar-refractivity contribution in [1.29, 1.82) is 0 Å². The highest BCUT2D eigenvalue weighted by Gasteiger charge is 2.11. The fourth-order valence-electron chi connectivity index (χ4n) is 2.22. The molecule has 1 heterocycles. The van der Waals surface area contributed by atoms with Crippen LogP contribution in [0.25, 0.3) is 11.3 Å². The maximum absolute atomic E-state index is 4.73. The third-order valence-electron chi connectivity index (χ3n) is 3.19. The van der Waals surface area contributed by atoms with Gasteiger partial charge in [0.2, 0.25) is 0 Å². The van der Waals surface area contributed by atoms with Gasteiger partial charge >= 0.3 is 0 Å². The molecule has 1 aromatic heterocycles. The summed E-state index contributed by atoms with van der Waals surface area (Å²) in [6, 6.07) is 8.46. The predicted octanol–water partition coefficient (Wildman–Crippen LogP) is 3.75. The Labute approximate surface area is 115 Å². The summed E-state index contributed by atoms with van der Waals surface area (Å²) in [5.41, 5.74) is 4.55. The van der Waals surface area contributed by atoms with E-state index in [-0.39, 0.29) is 0 Å². The molecule has 0 atom stereocenters. The lowest BCUT2D eigenvalue weighted by molar-refractivity contribution is 0.834. The summed E-state index contributed by atoms with van der Waals surface area (Å²) < 4.78 is 0. The fraction of sp³-hybridized carbons (Fsp3) is 0.375. The fourth-order valence-corrected chi connectivity index (χ4v) is 2.22. The minimum atomic E-state index is 0.910. The van der Waals surface area contributed by atoms with Crippen LogP contribution in [0.2, 0.25) is 0 Å². The zero-order valence-corrected chi connectivity index (χ0v) is 12.1. The highest BCUT2D eigenvalue weighted by molar-refractivity contribution is 5.68. The highest BCUT2D eigenvalue weighted by Crippen LogP contribution is 2.26. The first-order chi connectivity index (χ1) is 9.15. The predicted molar refractivity (Wildman–Crippen MR) is 80.5 cm³/mol. The highest BCUT2D eigenvalue weighted by atomic mass is 15.0. The first-order valence-corrected chi connectivity index (χ1v) is 6.78. The van der Waals surface area contributed by atoms with Crippen molar-refractivity contribution in [2.75, 3.05) is 12.4 Å². The number of hydrogen-bond acceptors (Lipinski definition) is 3. The maximum Gasteiger partial charge on any atom is 0.132 e. The first-order valence-electron chi connectivity index (χ1n) is 6.78. The van der Waals surface area contributed by atoms with Crippen LogP contribution in [0.15, 0.2) is 24.3 Å². The molecule has 0 saturated heterocycles. The molecule has 0 aliphatic rings. The van der Waals surface area contributed by atoms with E-state index in [1.807, 2.05) is 7.05 Å². The molecule has 2 rings (SSSR count). The molecular weight excluding hydrogens is 234 g/mol. The van der Waals surface area contributed by atoms with Crippen molar-refractivity contribution < 1.29 is 0 Å². The van der Waals surface area contributed by atoms with E-state index in [0.29, 0.717) is 0 Å². The van der Waals surface area contributed by atoms with Crippen LogP contribution < -0.4 is 5.32 Å². The molecule has 1 aromatic carbocycles. The van der Waals surface area contributed by atoms with Crippen molar-refractivity contribution in [3.05, 3.63) is 41.2 Å². The lowest BCUT2D eigenvalue weighted by atomic mass is 10.0. The lowest BCUT2D eigenvalue weighted by Gasteiger charge is -2.12. The van der Waals surface area contributed by atoms with Crippen LogP contribution >= 0.6 is 0 Å². The Kier molecular flexibility index (Phi) is 4.15. The molecule has 0 unspecified atom stereocenters. The molecule has 2 aromatic rings. The Hall–Kier alpha value is -1.90. The second kappa shape index (κ2) is 5.83. The summed E-state index contributed by atoms with van der Waals surface area (Å²) in [6.07, 6.45) is 1.97. The third-order valence-corrected chi connectivity index (χ3v) is 3.19. The van der Waals surface area contributed by atoms with E-state index in [9.17, 15) is 0 Å². The minimum Gasteiger partial charge on any atom is -0.373 e. The third kappa shape index (κ3) is 2.92. The number of rotatable bonds is 4. The summed E-state index contributed by atoms with van der Waals surface area (Å²) in [5, 5.41) is 3.17. The molecule has 0 fully saturated rings. The van der Waals surface area contributed by atoms with E-state index in [0.717, 1.165) is 41.3 Å². The summed E-state index contributed by atoms with van der Waals surface area (Å²) in [4.78, 5) is 9.30. The normalized spacial score (nSPS) is 10.5. The van der Waals surface area contributed by atoms with Gasteiger partial charge in [0.1, 0.15) is 11.6 Å². The van der Waals surface area contributed by atoms with Gasteiger partial charge in [-0.25, -0.2) is 9.97 Å². The van der Waals surface area contributed by atoms with Crippen molar-refractivity contribution in [2.24, 2.45) is 0 Å². The van der Waals surface area contributed by atoms with Gasteiger partial charge in [0.25, 0.3) is 0 Å². The summed E-state index contributed by atoms with van der Waals surface area (Å²) in [6.45, 7) is 6.32. The zero-order valence-electron chi connectivity index (χ0n) is 12.1. The second-order valence-corrected chi connectivity index (χ2v) is 4.83. The van der Waals surface area contributed by atoms with Crippen LogP contribution in [-0.2, 0) is 6.42 Å². The van der Waals surface area contributed by atoms with Gasteiger partial charge in [-0.2, -0.15) is 0 Å². The molecule has 0 aliphatic heterocycles. The van der Waals surface area contributed by atoms with Crippen LogP contribution in [-0.4, -0.2) is 17.0 Å². The van der Waals surface area contributed by atoms with Gasteiger partial charge in [-0.1, -0.05) is 30.7 Å². The number of aryl methyl sites for hydroxylation is 2. The van der Waals surface area contributed by atoms with E-state index >= 15 is 0 Å². The molecule has 0 aliphatic carbocycles. The molecule has 0 spiro atoms. The average Bonchev–Trinajstić information content (AvgIpc) is 2.41. The molecule has 0 amide bonds. The van der Waals surface area contributed by atoms with Crippen LogP contribution in [0.5, 0.6) is 0 Å². The SMILES string of the molecule is CCCc1nc(NC)c(C)c(-c2cccc(C)c2)n1. The van der Waals surface area contributed by atoms with E-state index < -0.39 is 0 Å². The van der Waals surface area contributed by atoms with Crippen molar-refractivity contribution in [3.8, 4) is 11.3 Å². The molecular formula is C16H21N3. The average molecular weight is 255 g/mol. The summed E-state index contributed by atoms with van der Waals surface area (Å²) in [5.74, 6) is 1.84. The second-order valence-electron chi connectivity index (χ2n) is 4.83. The number of benzene rings is 1. The summed E-state index contributed by atoms with van der Waals surface area (Å²) in [7, 11) is 1.91. The number of nitrogens with zero attached hydrogens (tertiary/aromatic N) is 2. The first kappa shape index (κ1) is 13.5. The van der Waals surface area contributed by atoms with E-state index in [2.05, 4.69) is 55.3 Å². The smallest absolute Gasteiger partial charge is 0.132 e. The Balaban J connectivity index is 2.57. The lowest BCUT2D eigenvalue weighted by Crippen LogP contribution is -2.05.